The Morgan fingerprint density at radius 2 is 1.33 bits per heavy atom. The third-order valence-corrected chi connectivity index (χ3v) is 3.34. The zero-order valence-electron chi connectivity index (χ0n) is 13.3. The van der Waals surface area contributed by atoms with E-state index in [1.807, 2.05) is 47.6 Å². The van der Waals surface area contributed by atoms with E-state index in [2.05, 4.69) is 20.8 Å². The van der Waals surface area contributed by atoms with Crippen LogP contribution in [0.2, 0.25) is 0 Å². The van der Waals surface area contributed by atoms with Crippen molar-refractivity contribution < 1.29 is 9.31 Å². The van der Waals surface area contributed by atoms with Gasteiger partial charge in [0.1, 0.15) is 0 Å². The lowest BCUT2D eigenvalue weighted by Crippen LogP contribution is -2.41. The lowest BCUT2D eigenvalue weighted by molar-refractivity contribution is 0.00578. The third kappa shape index (κ3) is 4.60. The van der Waals surface area contributed by atoms with Gasteiger partial charge in [0.15, 0.2) is 0 Å². The quantitative estimate of drug-likeness (QED) is 0.639. The van der Waals surface area contributed by atoms with Crippen LogP contribution >= 0.6 is 11.6 Å². The summed E-state index contributed by atoms with van der Waals surface area (Å²) >= 11 is 6.24. The summed E-state index contributed by atoms with van der Waals surface area (Å²) in [5.74, 6) is 0. The Hall–Kier alpha value is 0.0149. The molecule has 1 fully saturated rings. The molecular formula is C14H28BClO2. The van der Waals surface area contributed by atoms with Gasteiger partial charge >= 0.3 is 7.12 Å². The topological polar surface area (TPSA) is 18.5 Å². The van der Waals surface area contributed by atoms with Gasteiger partial charge in [-0.2, -0.15) is 0 Å². The van der Waals surface area contributed by atoms with E-state index in [1.165, 1.54) is 0 Å². The fourth-order valence-electron chi connectivity index (χ4n) is 1.44. The first-order valence-electron chi connectivity index (χ1n) is 6.68. The first kappa shape index (κ1) is 18.0. The second-order valence-electron chi connectivity index (χ2n) is 6.48. The summed E-state index contributed by atoms with van der Waals surface area (Å²) in [5, 5.41) is 0. The van der Waals surface area contributed by atoms with Gasteiger partial charge in [-0.15, -0.1) is 0 Å². The highest BCUT2D eigenvalue weighted by Crippen LogP contribution is 2.39. The van der Waals surface area contributed by atoms with Crippen molar-refractivity contribution >= 4 is 18.7 Å². The number of hydrogen-bond acceptors (Lipinski definition) is 2. The molecule has 0 atom stereocenters. The maximum absolute atomic E-state index is 6.24. The molecule has 0 aliphatic carbocycles. The Kier molecular flexibility index (Phi) is 5.98. The maximum atomic E-state index is 6.24. The molecule has 0 spiro atoms. The van der Waals surface area contributed by atoms with Crippen LogP contribution in [0.15, 0.2) is 11.0 Å². The number of hydrogen-bond donors (Lipinski definition) is 0. The molecule has 0 N–H and O–H groups in total. The van der Waals surface area contributed by atoms with Crippen LogP contribution in [0.25, 0.3) is 0 Å². The highest BCUT2D eigenvalue weighted by molar-refractivity contribution is 6.69. The normalized spacial score (nSPS) is 22.6. The summed E-state index contributed by atoms with van der Waals surface area (Å²) in [6, 6.07) is 0. The number of halogens is 1. The van der Waals surface area contributed by atoms with E-state index in [9.17, 15) is 0 Å². The average molecular weight is 275 g/mol. The minimum Gasteiger partial charge on any atom is -0.399 e. The molecule has 0 amide bonds. The molecule has 2 nitrogen and oxygen atoms in total. The van der Waals surface area contributed by atoms with Crippen molar-refractivity contribution in [2.45, 2.75) is 73.5 Å². The minimum atomic E-state index is -0.439. The molecule has 1 saturated heterocycles. The van der Waals surface area contributed by atoms with Gasteiger partial charge < -0.3 is 9.31 Å². The van der Waals surface area contributed by atoms with Crippen molar-refractivity contribution in [3.63, 3.8) is 0 Å². The molecular weight excluding hydrogens is 246 g/mol. The van der Waals surface area contributed by atoms with Crippen LogP contribution in [-0.2, 0) is 9.31 Å². The summed E-state index contributed by atoms with van der Waals surface area (Å²) < 4.78 is 11.7. The van der Waals surface area contributed by atoms with Crippen LogP contribution in [0.4, 0.5) is 0 Å². The van der Waals surface area contributed by atoms with Crippen LogP contribution in [0, 0.1) is 5.41 Å². The van der Waals surface area contributed by atoms with E-state index in [0.29, 0.717) is 4.93 Å². The van der Waals surface area contributed by atoms with Crippen LogP contribution in [0.3, 0.4) is 0 Å². The van der Waals surface area contributed by atoms with Gasteiger partial charge in [-0.1, -0.05) is 52.3 Å². The summed E-state index contributed by atoms with van der Waals surface area (Å²) in [4.78, 5) is 0.631. The Morgan fingerprint density at radius 3 is 1.61 bits per heavy atom. The largest absolute Gasteiger partial charge is 0.506 e. The number of allylic oxidation sites excluding steroid dienone is 1. The Bertz CT molecular complexity index is 287. The lowest BCUT2D eigenvalue weighted by atomic mass is 9.84. The van der Waals surface area contributed by atoms with Crippen molar-refractivity contribution in [1.82, 2.24) is 0 Å². The number of rotatable bonds is 1. The predicted molar refractivity (Wildman–Crippen MR) is 80.8 cm³/mol. The highest BCUT2D eigenvalue weighted by Gasteiger charge is 2.52. The lowest BCUT2D eigenvalue weighted by Gasteiger charge is -2.32. The molecule has 4 heteroatoms. The summed E-state index contributed by atoms with van der Waals surface area (Å²) in [6.45, 7) is 18.4. The molecule has 0 radical (unpaired) electrons. The molecule has 0 aromatic rings. The SMILES string of the molecule is CC.CC(C)(C)/C=C(/Cl)B1OC(C)(C)C(C)(C)O1. The molecule has 106 valence electrons. The van der Waals surface area contributed by atoms with E-state index in [4.69, 9.17) is 20.9 Å². The summed E-state index contributed by atoms with van der Waals surface area (Å²) in [6.07, 6.45) is 1.98. The fraction of sp³-hybridized carbons (Fsp3) is 0.857. The monoisotopic (exact) mass is 274 g/mol. The standard InChI is InChI=1S/C12H22BClO2.C2H6/c1-10(2,3)8-9(14)13-15-11(4,5)12(6,7)16-13;1-2/h8H,1-7H3;1-2H3/b9-8+;. The molecule has 1 heterocycles. The molecule has 18 heavy (non-hydrogen) atoms. The van der Waals surface area contributed by atoms with Gasteiger partial charge in [-0.05, 0) is 33.1 Å². The molecule has 0 aromatic carbocycles. The van der Waals surface area contributed by atoms with Crippen LogP contribution in [0.5, 0.6) is 0 Å². The molecule has 0 bridgehead atoms. The van der Waals surface area contributed by atoms with Crippen LogP contribution in [-0.4, -0.2) is 18.3 Å². The third-order valence-electron chi connectivity index (χ3n) is 3.05. The molecule has 0 unspecified atom stereocenters. The van der Waals surface area contributed by atoms with Gasteiger partial charge in [-0.3, -0.25) is 0 Å². The van der Waals surface area contributed by atoms with E-state index in [0.717, 1.165) is 0 Å². The summed E-state index contributed by atoms with van der Waals surface area (Å²) in [5.41, 5.74) is -0.631. The zero-order chi connectivity index (χ0) is 14.8. The first-order chi connectivity index (χ1) is 7.95. The Balaban J connectivity index is 0.00000137. The van der Waals surface area contributed by atoms with Gasteiger partial charge in [0.25, 0.3) is 0 Å². The van der Waals surface area contributed by atoms with E-state index in [1.54, 1.807) is 0 Å². The molecule has 1 aliphatic rings. The smallest absolute Gasteiger partial charge is 0.399 e. The average Bonchev–Trinajstić information content (AvgIpc) is 2.37. The van der Waals surface area contributed by atoms with Crippen molar-refractivity contribution in [2.24, 2.45) is 5.41 Å². The maximum Gasteiger partial charge on any atom is 0.506 e. The van der Waals surface area contributed by atoms with E-state index >= 15 is 0 Å². The van der Waals surface area contributed by atoms with E-state index < -0.39 is 7.12 Å². The van der Waals surface area contributed by atoms with Gasteiger partial charge in [0, 0.05) is 4.93 Å². The van der Waals surface area contributed by atoms with Crippen LogP contribution in [0.1, 0.15) is 62.3 Å². The first-order valence-corrected chi connectivity index (χ1v) is 7.06. The van der Waals surface area contributed by atoms with Gasteiger partial charge in [0.05, 0.1) is 11.2 Å². The van der Waals surface area contributed by atoms with Gasteiger partial charge in [0.2, 0.25) is 0 Å². The molecule has 1 rings (SSSR count). The van der Waals surface area contributed by atoms with Crippen molar-refractivity contribution in [3.05, 3.63) is 11.0 Å². The van der Waals surface area contributed by atoms with Crippen molar-refractivity contribution in [3.8, 4) is 0 Å². The minimum absolute atomic E-state index is 0.0285. The fourth-order valence-corrected chi connectivity index (χ4v) is 1.85. The van der Waals surface area contributed by atoms with Crippen molar-refractivity contribution in [2.75, 3.05) is 0 Å². The summed E-state index contributed by atoms with van der Waals surface area (Å²) in [7, 11) is -0.439. The second kappa shape index (κ2) is 5.98. The van der Waals surface area contributed by atoms with Gasteiger partial charge in [-0.25, -0.2) is 0 Å². The van der Waals surface area contributed by atoms with Crippen LogP contribution < -0.4 is 0 Å². The predicted octanol–water partition coefficient (Wildman–Crippen LogP) is 4.81. The molecule has 0 saturated carbocycles. The highest BCUT2D eigenvalue weighted by atomic mass is 35.5. The Labute approximate surface area is 118 Å². The zero-order valence-corrected chi connectivity index (χ0v) is 14.1. The van der Waals surface area contributed by atoms with Crippen molar-refractivity contribution in [1.29, 1.82) is 0 Å². The van der Waals surface area contributed by atoms with E-state index in [-0.39, 0.29) is 16.6 Å². The Morgan fingerprint density at radius 1 is 1.00 bits per heavy atom. The molecule has 1 aliphatic heterocycles. The molecule has 0 aromatic heterocycles. The second-order valence-corrected chi connectivity index (χ2v) is 6.92.